The van der Waals surface area contributed by atoms with E-state index in [0.717, 1.165) is 49.1 Å². The van der Waals surface area contributed by atoms with Crippen molar-refractivity contribution in [2.24, 2.45) is 0 Å². The van der Waals surface area contributed by atoms with Crippen LogP contribution in [0, 0.1) is 11.3 Å². The van der Waals surface area contributed by atoms with E-state index in [2.05, 4.69) is 20.9 Å². The molecule has 0 aliphatic carbocycles. The average molecular weight is 382 g/mol. The molecule has 1 aromatic heterocycles. The summed E-state index contributed by atoms with van der Waals surface area (Å²) in [4.78, 5) is 8.97. The number of anilines is 1. The molecule has 28 heavy (non-hydrogen) atoms. The van der Waals surface area contributed by atoms with E-state index < -0.39 is 0 Å². The Bertz CT molecular complexity index is 814. The molecule has 1 fully saturated rings. The lowest BCUT2D eigenvalue weighted by Gasteiger charge is -2.42. The smallest absolute Gasteiger partial charge is 0.142 e. The molecule has 7 nitrogen and oxygen atoms in total. The SMILES string of the molecule is COc1cc(CN2CCN(c3cccc(C#N)n3)C[C@H]2CCO)cc(OC)c1. The number of nitrogens with zero attached hydrogens (tertiary/aromatic N) is 4. The van der Waals surface area contributed by atoms with Gasteiger partial charge in [-0.05, 0) is 36.2 Å². The zero-order valence-corrected chi connectivity index (χ0v) is 16.3. The van der Waals surface area contributed by atoms with Gasteiger partial charge in [-0.15, -0.1) is 0 Å². The molecular formula is C21H26N4O3. The molecular weight excluding hydrogens is 356 g/mol. The van der Waals surface area contributed by atoms with Crippen LogP contribution in [0.15, 0.2) is 36.4 Å². The monoisotopic (exact) mass is 382 g/mol. The highest BCUT2D eigenvalue weighted by molar-refractivity contribution is 5.43. The van der Waals surface area contributed by atoms with Gasteiger partial charge in [-0.3, -0.25) is 4.90 Å². The van der Waals surface area contributed by atoms with Crippen molar-refractivity contribution in [3.8, 4) is 17.6 Å². The number of aliphatic hydroxyl groups excluding tert-OH is 1. The van der Waals surface area contributed by atoms with Crippen molar-refractivity contribution in [3.05, 3.63) is 47.7 Å². The van der Waals surface area contributed by atoms with Gasteiger partial charge in [-0.1, -0.05) is 6.07 Å². The number of benzene rings is 1. The summed E-state index contributed by atoms with van der Waals surface area (Å²) in [6.45, 7) is 3.27. The largest absolute Gasteiger partial charge is 0.497 e. The summed E-state index contributed by atoms with van der Waals surface area (Å²) in [6.07, 6.45) is 0.676. The zero-order chi connectivity index (χ0) is 19.9. The molecule has 2 heterocycles. The van der Waals surface area contributed by atoms with Crippen LogP contribution in [-0.2, 0) is 6.54 Å². The van der Waals surface area contributed by atoms with Gasteiger partial charge in [-0.25, -0.2) is 4.98 Å². The van der Waals surface area contributed by atoms with E-state index >= 15 is 0 Å². The molecule has 1 N–H and O–H groups in total. The van der Waals surface area contributed by atoms with Crippen LogP contribution in [-0.4, -0.2) is 61.5 Å². The highest BCUT2D eigenvalue weighted by Gasteiger charge is 2.27. The van der Waals surface area contributed by atoms with Crippen molar-refractivity contribution in [2.75, 3.05) is 45.4 Å². The molecule has 0 unspecified atom stereocenters. The van der Waals surface area contributed by atoms with Crippen molar-refractivity contribution in [1.29, 1.82) is 5.26 Å². The number of aliphatic hydroxyl groups is 1. The van der Waals surface area contributed by atoms with Crippen molar-refractivity contribution in [2.45, 2.75) is 19.0 Å². The van der Waals surface area contributed by atoms with Crippen molar-refractivity contribution < 1.29 is 14.6 Å². The third-order valence-corrected chi connectivity index (χ3v) is 5.04. The van der Waals surface area contributed by atoms with Crippen LogP contribution in [0.1, 0.15) is 17.7 Å². The van der Waals surface area contributed by atoms with Crippen LogP contribution in [0.4, 0.5) is 5.82 Å². The molecule has 148 valence electrons. The Morgan fingerprint density at radius 3 is 2.57 bits per heavy atom. The number of aromatic nitrogens is 1. The lowest BCUT2D eigenvalue weighted by molar-refractivity contribution is 0.135. The van der Waals surface area contributed by atoms with Crippen molar-refractivity contribution >= 4 is 5.82 Å². The van der Waals surface area contributed by atoms with Gasteiger partial charge in [0.15, 0.2) is 0 Å². The first kappa shape index (κ1) is 19.9. The fraction of sp³-hybridized carbons (Fsp3) is 0.429. The second-order valence-electron chi connectivity index (χ2n) is 6.80. The normalized spacial score (nSPS) is 17.2. The molecule has 1 saturated heterocycles. The maximum atomic E-state index is 9.56. The third-order valence-electron chi connectivity index (χ3n) is 5.04. The van der Waals surface area contributed by atoms with Gasteiger partial charge in [0.05, 0.1) is 14.2 Å². The summed E-state index contributed by atoms with van der Waals surface area (Å²) >= 11 is 0. The molecule has 0 spiro atoms. The lowest BCUT2D eigenvalue weighted by Crippen LogP contribution is -2.53. The number of hydrogen-bond donors (Lipinski definition) is 1. The second-order valence-corrected chi connectivity index (χ2v) is 6.80. The summed E-state index contributed by atoms with van der Waals surface area (Å²) in [5, 5.41) is 18.7. The Morgan fingerprint density at radius 2 is 1.93 bits per heavy atom. The van der Waals surface area contributed by atoms with E-state index in [0.29, 0.717) is 12.1 Å². The van der Waals surface area contributed by atoms with Crippen LogP contribution in [0.2, 0.25) is 0 Å². The molecule has 1 aliphatic rings. The number of piperazine rings is 1. The Balaban J connectivity index is 1.75. The highest BCUT2D eigenvalue weighted by Crippen LogP contribution is 2.26. The second kappa shape index (κ2) is 9.40. The first-order chi connectivity index (χ1) is 13.7. The van der Waals surface area contributed by atoms with Crippen molar-refractivity contribution in [1.82, 2.24) is 9.88 Å². The topological polar surface area (TPSA) is 81.9 Å². The lowest BCUT2D eigenvalue weighted by atomic mass is 10.1. The van der Waals surface area contributed by atoms with Crippen LogP contribution in [0.5, 0.6) is 11.5 Å². The predicted octanol–water partition coefficient (Wildman–Crippen LogP) is 2.04. The number of rotatable bonds is 7. The van der Waals surface area contributed by atoms with Gasteiger partial charge in [0, 0.05) is 44.9 Å². The number of pyridine rings is 1. The summed E-state index contributed by atoms with van der Waals surface area (Å²) in [5.74, 6) is 2.35. The van der Waals surface area contributed by atoms with E-state index in [9.17, 15) is 5.11 Å². The van der Waals surface area contributed by atoms with Crippen LogP contribution in [0.3, 0.4) is 0 Å². The van der Waals surface area contributed by atoms with E-state index in [4.69, 9.17) is 14.7 Å². The number of methoxy groups -OCH3 is 2. The number of ether oxygens (including phenoxy) is 2. The fourth-order valence-electron chi connectivity index (χ4n) is 3.59. The molecule has 1 aromatic carbocycles. The third kappa shape index (κ3) is 4.71. The molecule has 1 aliphatic heterocycles. The first-order valence-corrected chi connectivity index (χ1v) is 9.35. The number of hydrogen-bond acceptors (Lipinski definition) is 7. The van der Waals surface area contributed by atoms with Crippen LogP contribution < -0.4 is 14.4 Å². The molecule has 1 atom stereocenters. The van der Waals surface area contributed by atoms with E-state index in [1.54, 1.807) is 20.3 Å². The van der Waals surface area contributed by atoms with Crippen LogP contribution >= 0.6 is 0 Å². The summed E-state index contributed by atoms with van der Waals surface area (Å²) in [7, 11) is 3.29. The molecule has 0 amide bonds. The molecule has 7 heteroatoms. The minimum atomic E-state index is 0.127. The minimum absolute atomic E-state index is 0.127. The first-order valence-electron chi connectivity index (χ1n) is 9.35. The van der Waals surface area contributed by atoms with Gasteiger partial charge >= 0.3 is 0 Å². The quantitative estimate of drug-likeness (QED) is 0.785. The molecule has 0 radical (unpaired) electrons. The Labute approximate surface area is 165 Å². The van der Waals surface area contributed by atoms with Gasteiger partial charge in [-0.2, -0.15) is 5.26 Å². The van der Waals surface area contributed by atoms with Gasteiger partial charge in [0.25, 0.3) is 0 Å². The minimum Gasteiger partial charge on any atom is -0.497 e. The van der Waals surface area contributed by atoms with Gasteiger partial charge < -0.3 is 19.5 Å². The van der Waals surface area contributed by atoms with E-state index in [-0.39, 0.29) is 12.6 Å². The van der Waals surface area contributed by atoms with E-state index in [1.807, 2.05) is 30.3 Å². The van der Waals surface area contributed by atoms with Gasteiger partial charge in [0.2, 0.25) is 0 Å². The molecule has 3 rings (SSSR count). The Kier molecular flexibility index (Phi) is 6.69. The summed E-state index contributed by atoms with van der Waals surface area (Å²) < 4.78 is 10.8. The Morgan fingerprint density at radius 1 is 1.18 bits per heavy atom. The fourth-order valence-corrected chi connectivity index (χ4v) is 3.59. The predicted molar refractivity (Wildman–Crippen MR) is 107 cm³/mol. The van der Waals surface area contributed by atoms with Crippen molar-refractivity contribution in [3.63, 3.8) is 0 Å². The number of nitriles is 1. The van der Waals surface area contributed by atoms with Gasteiger partial charge in [0.1, 0.15) is 29.1 Å². The average Bonchev–Trinajstić information content (AvgIpc) is 2.74. The zero-order valence-electron chi connectivity index (χ0n) is 16.3. The standard InChI is InChI=1S/C21H26N4O3/c1-27-19-10-16(11-20(12-19)28-2)14-24-7-8-25(15-18(24)6-9-26)21-5-3-4-17(13-22)23-21/h3-5,10-12,18,26H,6-9,14-15H2,1-2H3/t18-/m1/s1. The summed E-state index contributed by atoms with van der Waals surface area (Å²) in [6, 6.07) is 13.7. The Hall–Kier alpha value is -2.82. The van der Waals surface area contributed by atoms with E-state index in [1.165, 1.54) is 0 Å². The maximum Gasteiger partial charge on any atom is 0.142 e. The molecule has 2 aromatic rings. The van der Waals surface area contributed by atoms with Crippen LogP contribution in [0.25, 0.3) is 0 Å². The molecule has 0 bridgehead atoms. The molecule has 0 saturated carbocycles. The summed E-state index contributed by atoms with van der Waals surface area (Å²) in [5.41, 5.74) is 1.53. The maximum absolute atomic E-state index is 9.56. The highest BCUT2D eigenvalue weighted by atomic mass is 16.5.